The molecule has 0 heterocycles. The number of ether oxygens (including phenoxy) is 3. The number of methoxy groups -OCH3 is 2. The molecule has 5 heteroatoms. The number of hydrogen-bond donors (Lipinski definition) is 1. The van der Waals surface area contributed by atoms with Crippen LogP contribution in [0, 0.1) is 13.8 Å². The maximum absolute atomic E-state index is 12.6. The summed E-state index contributed by atoms with van der Waals surface area (Å²) in [6, 6.07) is 11.1. The summed E-state index contributed by atoms with van der Waals surface area (Å²) in [4.78, 5) is 12.6. The van der Waals surface area contributed by atoms with Crippen molar-refractivity contribution in [2.75, 3.05) is 14.2 Å². The minimum atomic E-state index is -0.615. The Morgan fingerprint density at radius 2 is 1.65 bits per heavy atom. The van der Waals surface area contributed by atoms with E-state index >= 15 is 0 Å². The first-order valence-corrected chi connectivity index (χ1v) is 8.62. The Morgan fingerprint density at radius 3 is 2.27 bits per heavy atom. The number of carbonyl (C=O) groups excluding carboxylic acids is 1. The SMILES string of the molecule is COc1ccc(OC)c(C(C)NC(=O)C(C)Oc2ccc(C)cc2C)c1. The van der Waals surface area contributed by atoms with E-state index in [9.17, 15) is 4.79 Å². The summed E-state index contributed by atoms with van der Waals surface area (Å²) in [5.74, 6) is 1.93. The van der Waals surface area contributed by atoms with Crippen LogP contribution in [0.4, 0.5) is 0 Å². The second-order valence-corrected chi connectivity index (χ2v) is 6.37. The van der Waals surface area contributed by atoms with E-state index in [0.717, 1.165) is 16.7 Å². The maximum Gasteiger partial charge on any atom is 0.261 e. The van der Waals surface area contributed by atoms with Crippen molar-refractivity contribution in [1.29, 1.82) is 0 Å². The Bertz CT molecular complexity index is 773. The molecular weight excluding hydrogens is 330 g/mol. The van der Waals surface area contributed by atoms with Gasteiger partial charge in [-0.15, -0.1) is 0 Å². The molecule has 5 nitrogen and oxygen atoms in total. The standard InChI is InChI=1S/C21H27NO4/c1-13-7-9-19(14(2)11-13)26-16(4)21(23)22-15(3)18-12-17(24-5)8-10-20(18)25-6/h7-12,15-16H,1-6H3,(H,22,23). The number of benzene rings is 2. The zero-order valence-corrected chi connectivity index (χ0v) is 16.3. The second kappa shape index (κ2) is 8.61. The molecule has 0 aromatic heterocycles. The van der Waals surface area contributed by atoms with Gasteiger partial charge in [0.1, 0.15) is 17.2 Å². The highest BCUT2D eigenvalue weighted by Crippen LogP contribution is 2.29. The lowest BCUT2D eigenvalue weighted by atomic mass is 10.1. The fourth-order valence-corrected chi connectivity index (χ4v) is 2.76. The first-order chi connectivity index (χ1) is 12.3. The van der Waals surface area contributed by atoms with Gasteiger partial charge in [-0.1, -0.05) is 17.7 Å². The third-order valence-electron chi connectivity index (χ3n) is 4.27. The Hall–Kier alpha value is -2.69. The van der Waals surface area contributed by atoms with Crippen LogP contribution in [0.2, 0.25) is 0 Å². The fraction of sp³-hybridized carbons (Fsp3) is 0.381. The normalized spacial score (nSPS) is 12.8. The molecule has 2 unspecified atom stereocenters. The fourth-order valence-electron chi connectivity index (χ4n) is 2.76. The van der Waals surface area contributed by atoms with Gasteiger partial charge < -0.3 is 19.5 Å². The monoisotopic (exact) mass is 357 g/mol. The summed E-state index contributed by atoms with van der Waals surface area (Å²) in [6.07, 6.45) is -0.615. The molecule has 0 saturated heterocycles. The summed E-state index contributed by atoms with van der Waals surface area (Å²) in [5, 5.41) is 2.97. The predicted molar refractivity (Wildman–Crippen MR) is 102 cm³/mol. The van der Waals surface area contributed by atoms with Crippen molar-refractivity contribution in [3.05, 3.63) is 53.1 Å². The molecular formula is C21H27NO4. The van der Waals surface area contributed by atoms with Crippen molar-refractivity contribution in [1.82, 2.24) is 5.32 Å². The van der Waals surface area contributed by atoms with Crippen LogP contribution in [0.3, 0.4) is 0 Å². The van der Waals surface area contributed by atoms with E-state index in [0.29, 0.717) is 17.2 Å². The predicted octanol–water partition coefficient (Wildman–Crippen LogP) is 3.97. The van der Waals surface area contributed by atoms with Gasteiger partial charge in [0.05, 0.1) is 20.3 Å². The minimum absolute atomic E-state index is 0.192. The highest BCUT2D eigenvalue weighted by atomic mass is 16.5. The second-order valence-electron chi connectivity index (χ2n) is 6.37. The lowest BCUT2D eigenvalue weighted by Gasteiger charge is -2.21. The Morgan fingerprint density at radius 1 is 0.962 bits per heavy atom. The van der Waals surface area contributed by atoms with E-state index in [2.05, 4.69) is 5.32 Å². The maximum atomic E-state index is 12.6. The number of carbonyl (C=O) groups is 1. The van der Waals surface area contributed by atoms with Gasteiger partial charge in [0.2, 0.25) is 0 Å². The molecule has 2 aromatic carbocycles. The van der Waals surface area contributed by atoms with E-state index in [1.54, 1.807) is 21.1 Å². The molecule has 1 amide bonds. The highest BCUT2D eigenvalue weighted by Gasteiger charge is 2.20. The van der Waals surface area contributed by atoms with Gasteiger partial charge in [-0.3, -0.25) is 4.79 Å². The third-order valence-corrected chi connectivity index (χ3v) is 4.27. The molecule has 0 aliphatic heterocycles. The lowest BCUT2D eigenvalue weighted by molar-refractivity contribution is -0.127. The van der Waals surface area contributed by atoms with Gasteiger partial charge in [0.25, 0.3) is 5.91 Å². The molecule has 0 aliphatic rings. The molecule has 0 radical (unpaired) electrons. The molecule has 2 rings (SSSR count). The molecule has 0 saturated carbocycles. The van der Waals surface area contributed by atoms with Crippen LogP contribution >= 0.6 is 0 Å². The molecule has 1 N–H and O–H groups in total. The van der Waals surface area contributed by atoms with E-state index in [1.165, 1.54) is 0 Å². The topological polar surface area (TPSA) is 56.8 Å². The van der Waals surface area contributed by atoms with Crippen LogP contribution in [0.15, 0.2) is 36.4 Å². The van der Waals surface area contributed by atoms with Crippen LogP contribution in [0.25, 0.3) is 0 Å². The highest BCUT2D eigenvalue weighted by molar-refractivity contribution is 5.81. The summed E-state index contributed by atoms with van der Waals surface area (Å²) in [6.45, 7) is 7.63. The number of amides is 1. The molecule has 26 heavy (non-hydrogen) atoms. The summed E-state index contributed by atoms with van der Waals surface area (Å²) in [7, 11) is 3.21. The Balaban J connectivity index is 2.08. The van der Waals surface area contributed by atoms with Crippen LogP contribution in [-0.4, -0.2) is 26.2 Å². The van der Waals surface area contributed by atoms with Crippen LogP contribution in [0.1, 0.15) is 36.6 Å². The van der Waals surface area contributed by atoms with E-state index in [1.807, 2.05) is 57.2 Å². The summed E-state index contributed by atoms with van der Waals surface area (Å²) in [5.41, 5.74) is 3.01. The molecule has 2 atom stereocenters. The molecule has 0 fully saturated rings. The van der Waals surface area contributed by atoms with Gasteiger partial charge in [0.15, 0.2) is 6.10 Å². The van der Waals surface area contributed by atoms with Gasteiger partial charge in [-0.25, -0.2) is 0 Å². The van der Waals surface area contributed by atoms with Gasteiger partial charge in [-0.05, 0) is 57.5 Å². The Labute approximate surface area is 155 Å². The van der Waals surface area contributed by atoms with E-state index in [-0.39, 0.29) is 11.9 Å². The van der Waals surface area contributed by atoms with Crippen LogP contribution in [-0.2, 0) is 4.79 Å². The molecule has 0 bridgehead atoms. The van der Waals surface area contributed by atoms with Gasteiger partial charge in [0, 0.05) is 5.56 Å². The van der Waals surface area contributed by atoms with Gasteiger partial charge in [-0.2, -0.15) is 0 Å². The first-order valence-electron chi connectivity index (χ1n) is 8.62. The zero-order chi connectivity index (χ0) is 19.3. The van der Waals surface area contributed by atoms with Crippen molar-refractivity contribution in [2.24, 2.45) is 0 Å². The number of rotatable bonds is 7. The van der Waals surface area contributed by atoms with Crippen molar-refractivity contribution in [3.63, 3.8) is 0 Å². The molecule has 0 spiro atoms. The smallest absolute Gasteiger partial charge is 0.261 e. The number of aryl methyl sites for hydroxylation is 2. The summed E-state index contributed by atoms with van der Waals surface area (Å²) >= 11 is 0. The summed E-state index contributed by atoms with van der Waals surface area (Å²) < 4.78 is 16.5. The van der Waals surface area contributed by atoms with E-state index < -0.39 is 6.10 Å². The van der Waals surface area contributed by atoms with Crippen LogP contribution in [0.5, 0.6) is 17.2 Å². The lowest BCUT2D eigenvalue weighted by Crippen LogP contribution is -2.38. The van der Waals surface area contributed by atoms with Crippen molar-refractivity contribution in [3.8, 4) is 17.2 Å². The largest absolute Gasteiger partial charge is 0.497 e. The average Bonchev–Trinajstić information content (AvgIpc) is 2.63. The quantitative estimate of drug-likeness (QED) is 0.815. The average molecular weight is 357 g/mol. The van der Waals surface area contributed by atoms with Gasteiger partial charge >= 0.3 is 0 Å². The Kier molecular flexibility index (Phi) is 6.50. The first kappa shape index (κ1) is 19.6. The van der Waals surface area contributed by atoms with Crippen LogP contribution < -0.4 is 19.5 Å². The molecule has 2 aromatic rings. The minimum Gasteiger partial charge on any atom is -0.497 e. The number of nitrogens with one attached hydrogen (secondary N) is 1. The van der Waals surface area contributed by atoms with Crippen molar-refractivity contribution >= 4 is 5.91 Å². The van der Waals surface area contributed by atoms with Crippen molar-refractivity contribution < 1.29 is 19.0 Å². The number of hydrogen-bond acceptors (Lipinski definition) is 4. The molecule has 140 valence electrons. The third kappa shape index (κ3) is 4.69. The molecule has 0 aliphatic carbocycles. The van der Waals surface area contributed by atoms with Crippen molar-refractivity contribution in [2.45, 2.75) is 39.8 Å². The zero-order valence-electron chi connectivity index (χ0n) is 16.3. The van der Waals surface area contributed by atoms with E-state index in [4.69, 9.17) is 14.2 Å².